The molecule has 184 valence electrons. The van der Waals surface area contributed by atoms with Crippen molar-refractivity contribution in [1.82, 2.24) is 15.1 Å². The molecule has 2 atom stereocenters. The van der Waals surface area contributed by atoms with Crippen LogP contribution in [0.1, 0.15) is 27.2 Å². The Balaban J connectivity index is 0.00000512. The lowest BCUT2D eigenvalue weighted by Crippen LogP contribution is -2.42. The molecule has 0 amide bonds. The van der Waals surface area contributed by atoms with Crippen molar-refractivity contribution in [3.63, 3.8) is 0 Å². The third-order valence-electron chi connectivity index (χ3n) is 5.16. The minimum atomic E-state index is -4.16. The molecule has 32 heavy (non-hydrogen) atoms. The lowest BCUT2D eigenvalue weighted by molar-refractivity contribution is -0.146. The maximum Gasteiger partial charge on any atom is 0.401 e. The average Bonchev–Trinajstić information content (AvgIpc) is 3.18. The van der Waals surface area contributed by atoms with E-state index in [1.165, 1.54) is 4.90 Å². The van der Waals surface area contributed by atoms with Gasteiger partial charge in [-0.1, -0.05) is 13.0 Å². The van der Waals surface area contributed by atoms with Gasteiger partial charge in [0.25, 0.3) is 0 Å². The van der Waals surface area contributed by atoms with Crippen LogP contribution in [-0.4, -0.2) is 81.0 Å². The summed E-state index contributed by atoms with van der Waals surface area (Å²) in [5.74, 6) is 2.43. The first-order valence-electron chi connectivity index (χ1n) is 10.9. The normalized spacial score (nSPS) is 17.8. The van der Waals surface area contributed by atoms with Crippen LogP contribution in [0.4, 0.5) is 13.2 Å². The fourth-order valence-electron chi connectivity index (χ4n) is 3.68. The number of rotatable bonds is 10. The number of methoxy groups -OCH3 is 1. The van der Waals surface area contributed by atoms with Crippen LogP contribution in [0.5, 0.6) is 11.5 Å². The quantitative estimate of drug-likeness (QED) is 0.258. The lowest BCUT2D eigenvalue weighted by atomic mass is 10.1. The van der Waals surface area contributed by atoms with Crippen molar-refractivity contribution in [2.24, 2.45) is 10.9 Å². The van der Waals surface area contributed by atoms with Crippen molar-refractivity contribution >= 4 is 29.9 Å². The Morgan fingerprint density at radius 3 is 2.66 bits per heavy atom. The first-order chi connectivity index (χ1) is 14.7. The summed E-state index contributed by atoms with van der Waals surface area (Å²) in [5.41, 5.74) is 0. The molecular weight excluding hydrogens is 536 g/mol. The maximum absolute atomic E-state index is 12.7. The molecule has 0 saturated carbocycles. The van der Waals surface area contributed by atoms with Crippen LogP contribution in [0, 0.1) is 5.92 Å². The average molecular weight is 572 g/mol. The molecule has 1 heterocycles. The molecule has 0 aliphatic carbocycles. The van der Waals surface area contributed by atoms with Crippen molar-refractivity contribution in [1.29, 1.82) is 0 Å². The van der Waals surface area contributed by atoms with E-state index in [1.807, 2.05) is 38.1 Å². The number of benzene rings is 1. The molecule has 0 aromatic heterocycles. The zero-order valence-corrected chi connectivity index (χ0v) is 21.7. The first kappa shape index (κ1) is 28.6. The molecule has 1 fully saturated rings. The van der Waals surface area contributed by atoms with E-state index in [-0.39, 0.29) is 36.0 Å². The third-order valence-corrected chi connectivity index (χ3v) is 5.16. The van der Waals surface area contributed by atoms with Gasteiger partial charge in [0, 0.05) is 32.2 Å². The van der Waals surface area contributed by atoms with Gasteiger partial charge >= 0.3 is 6.18 Å². The molecule has 6 nitrogen and oxygen atoms in total. The lowest BCUT2D eigenvalue weighted by Gasteiger charge is -2.26. The summed E-state index contributed by atoms with van der Waals surface area (Å²) in [7, 11) is 1.61. The monoisotopic (exact) mass is 572 g/mol. The largest absolute Gasteiger partial charge is 0.497 e. The summed E-state index contributed by atoms with van der Waals surface area (Å²) in [6, 6.07) is 7.43. The third kappa shape index (κ3) is 10.0. The molecule has 10 heteroatoms. The predicted molar refractivity (Wildman–Crippen MR) is 132 cm³/mol. The van der Waals surface area contributed by atoms with Crippen molar-refractivity contribution < 1.29 is 22.6 Å². The van der Waals surface area contributed by atoms with Crippen molar-refractivity contribution in [3.8, 4) is 11.5 Å². The molecule has 2 rings (SSSR count). The van der Waals surface area contributed by atoms with Gasteiger partial charge in [0.15, 0.2) is 5.96 Å². The number of guanidine groups is 1. The van der Waals surface area contributed by atoms with E-state index >= 15 is 0 Å². The minimum absolute atomic E-state index is 0. The van der Waals surface area contributed by atoms with E-state index in [4.69, 9.17) is 14.5 Å². The van der Waals surface area contributed by atoms with Gasteiger partial charge < -0.3 is 19.7 Å². The van der Waals surface area contributed by atoms with Crippen LogP contribution in [0.15, 0.2) is 29.3 Å². The van der Waals surface area contributed by atoms with Gasteiger partial charge in [0.1, 0.15) is 17.6 Å². The van der Waals surface area contributed by atoms with Gasteiger partial charge in [0.05, 0.1) is 20.2 Å². The first-order valence-corrected chi connectivity index (χ1v) is 10.9. The molecule has 0 bridgehead atoms. The highest BCUT2D eigenvalue weighted by Crippen LogP contribution is 2.22. The smallest absolute Gasteiger partial charge is 0.401 e. The Morgan fingerprint density at radius 1 is 1.31 bits per heavy atom. The van der Waals surface area contributed by atoms with Gasteiger partial charge in [-0.25, -0.2) is 4.99 Å². The second-order valence-electron chi connectivity index (χ2n) is 7.85. The summed E-state index contributed by atoms with van der Waals surface area (Å²) < 4.78 is 49.4. The highest BCUT2D eigenvalue weighted by Gasteiger charge is 2.33. The second-order valence-corrected chi connectivity index (χ2v) is 7.85. The fourth-order valence-corrected chi connectivity index (χ4v) is 3.68. The van der Waals surface area contributed by atoms with Gasteiger partial charge in [-0.05, 0) is 44.9 Å². The number of halogens is 4. The van der Waals surface area contributed by atoms with E-state index in [2.05, 4.69) is 10.2 Å². The molecule has 1 saturated heterocycles. The van der Waals surface area contributed by atoms with Gasteiger partial charge in [0.2, 0.25) is 0 Å². The molecular formula is C22H36F3IN4O2. The summed E-state index contributed by atoms with van der Waals surface area (Å²) in [4.78, 5) is 8.32. The number of nitrogens with zero attached hydrogens (tertiary/aromatic N) is 3. The highest BCUT2D eigenvalue weighted by molar-refractivity contribution is 14.0. The molecule has 1 aliphatic heterocycles. The van der Waals surface area contributed by atoms with Crippen molar-refractivity contribution in [2.45, 2.75) is 39.5 Å². The van der Waals surface area contributed by atoms with E-state index in [9.17, 15) is 13.2 Å². The number of ether oxygens (including phenoxy) is 2. The fraction of sp³-hybridized carbons (Fsp3) is 0.682. The molecule has 1 aliphatic rings. The number of nitrogens with one attached hydrogen (secondary N) is 1. The maximum atomic E-state index is 12.7. The molecule has 2 unspecified atom stereocenters. The van der Waals surface area contributed by atoms with E-state index in [0.29, 0.717) is 26.2 Å². The molecule has 0 spiro atoms. The number of hydrogen-bond donors (Lipinski definition) is 1. The Labute approximate surface area is 206 Å². The summed E-state index contributed by atoms with van der Waals surface area (Å²) in [5, 5.41) is 3.29. The Kier molecular flexibility index (Phi) is 12.5. The van der Waals surface area contributed by atoms with Crippen molar-refractivity contribution in [2.75, 3.05) is 52.9 Å². The molecule has 1 aromatic rings. The standard InChI is InChI=1S/C22H35F3N4O2.HI/c1-5-26-21(27-13-17(3)31-20-9-7-8-19(12-20)30-4)29-11-10-18(15-29)14-28(6-2)16-22(23,24)25;/h7-9,12,17-18H,5-6,10-11,13-16H2,1-4H3,(H,26,27);1H. The van der Waals surface area contributed by atoms with E-state index < -0.39 is 12.7 Å². The Morgan fingerprint density at radius 2 is 2.03 bits per heavy atom. The number of hydrogen-bond acceptors (Lipinski definition) is 4. The number of aliphatic imine (C=N–C) groups is 1. The summed E-state index contributed by atoms with van der Waals surface area (Å²) in [6.45, 7) is 8.38. The van der Waals surface area contributed by atoms with Gasteiger partial charge in [-0.15, -0.1) is 24.0 Å². The highest BCUT2D eigenvalue weighted by atomic mass is 127. The zero-order valence-electron chi connectivity index (χ0n) is 19.3. The van der Waals surface area contributed by atoms with Crippen LogP contribution in [-0.2, 0) is 0 Å². The zero-order chi connectivity index (χ0) is 22.9. The van der Waals surface area contributed by atoms with Crippen LogP contribution >= 0.6 is 24.0 Å². The van der Waals surface area contributed by atoms with Gasteiger partial charge in [-0.3, -0.25) is 4.90 Å². The second kappa shape index (κ2) is 14.0. The van der Waals surface area contributed by atoms with E-state index in [0.717, 1.165) is 37.0 Å². The molecule has 1 aromatic carbocycles. The minimum Gasteiger partial charge on any atom is -0.497 e. The van der Waals surface area contributed by atoms with E-state index in [1.54, 1.807) is 14.0 Å². The number of likely N-dealkylation sites (tertiary alicyclic amines) is 1. The molecule has 1 N–H and O–H groups in total. The number of alkyl halides is 3. The summed E-state index contributed by atoms with van der Waals surface area (Å²) >= 11 is 0. The summed E-state index contributed by atoms with van der Waals surface area (Å²) in [6.07, 6.45) is -3.44. The van der Waals surface area contributed by atoms with Crippen LogP contribution in [0.25, 0.3) is 0 Å². The Bertz CT molecular complexity index is 706. The Hall–Kier alpha value is -1.43. The topological polar surface area (TPSA) is 49.3 Å². The SMILES string of the molecule is CCNC(=NCC(C)Oc1cccc(OC)c1)N1CCC(CN(CC)CC(F)(F)F)C1.I. The van der Waals surface area contributed by atoms with Crippen LogP contribution < -0.4 is 14.8 Å². The van der Waals surface area contributed by atoms with Crippen LogP contribution in [0.2, 0.25) is 0 Å². The van der Waals surface area contributed by atoms with Gasteiger partial charge in [-0.2, -0.15) is 13.2 Å². The molecule has 0 radical (unpaired) electrons. The predicted octanol–water partition coefficient (Wildman–Crippen LogP) is 4.25. The van der Waals surface area contributed by atoms with Crippen molar-refractivity contribution in [3.05, 3.63) is 24.3 Å². The van der Waals surface area contributed by atoms with Crippen LogP contribution in [0.3, 0.4) is 0 Å².